The number of sulfonamides is 1. The Morgan fingerprint density at radius 2 is 1.69 bits per heavy atom. The van der Waals surface area contributed by atoms with Crippen LogP contribution in [0.2, 0.25) is 5.02 Å². The number of carbonyl (C=O) groups excluding carboxylic acids is 3. The molecule has 0 aliphatic heterocycles. The third-order valence-corrected chi connectivity index (χ3v) is 6.96. The van der Waals surface area contributed by atoms with Gasteiger partial charge in [-0.2, -0.15) is 4.31 Å². The van der Waals surface area contributed by atoms with Crippen molar-refractivity contribution >= 4 is 45.2 Å². The van der Waals surface area contributed by atoms with E-state index in [2.05, 4.69) is 10.1 Å². The van der Waals surface area contributed by atoms with E-state index in [1.165, 1.54) is 35.7 Å². The second-order valence-electron chi connectivity index (χ2n) is 6.40. The first-order chi connectivity index (χ1) is 15.1. The molecule has 0 atom stereocenters. The van der Waals surface area contributed by atoms with Gasteiger partial charge in [0.15, 0.2) is 6.61 Å². The van der Waals surface area contributed by atoms with Crippen LogP contribution in [-0.4, -0.2) is 57.4 Å². The number of esters is 2. The monoisotopic (exact) mass is 482 g/mol. The number of rotatable bonds is 9. The summed E-state index contributed by atoms with van der Waals surface area (Å²) in [5.74, 6) is -2.24. The Morgan fingerprint density at radius 1 is 1.03 bits per heavy atom. The third-order valence-electron chi connectivity index (χ3n) is 4.43. The summed E-state index contributed by atoms with van der Waals surface area (Å²) in [4.78, 5) is 36.1. The maximum atomic E-state index is 12.8. The highest BCUT2D eigenvalue weighted by atomic mass is 35.5. The van der Waals surface area contributed by atoms with Crippen molar-refractivity contribution < 1.29 is 32.3 Å². The molecule has 0 heterocycles. The van der Waals surface area contributed by atoms with Gasteiger partial charge < -0.3 is 14.8 Å². The van der Waals surface area contributed by atoms with E-state index in [0.29, 0.717) is 0 Å². The Kier molecular flexibility index (Phi) is 8.76. The van der Waals surface area contributed by atoms with Crippen LogP contribution in [0.5, 0.6) is 0 Å². The maximum Gasteiger partial charge on any atom is 0.339 e. The molecule has 2 rings (SSSR count). The van der Waals surface area contributed by atoms with Crippen molar-refractivity contribution in [2.45, 2.75) is 18.7 Å². The number of anilines is 1. The molecule has 0 fully saturated rings. The molecule has 172 valence electrons. The highest BCUT2D eigenvalue weighted by molar-refractivity contribution is 7.89. The number of hydrogen-bond acceptors (Lipinski definition) is 7. The van der Waals surface area contributed by atoms with Gasteiger partial charge in [-0.05, 0) is 30.3 Å². The Labute approximate surface area is 191 Å². The first kappa shape index (κ1) is 25.3. The number of benzene rings is 2. The van der Waals surface area contributed by atoms with Gasteiger partial charge in [-0.25, -0.2) is 18.0 Å². The van der Waals surface area contributed by atoms with Gasteiger partial charge in [-0.3, -0.25) is 4.79 Å². The lowest BCUT2D eigenvalue weighted by Crippen LogP contribution is -2.31. The Balaban J connectivity index is 2.13. The number of amides is 1. The number of ether oxygens (including phenoxy) is 2. The van der Waals surface area contributed by atoms with E-state index >= 15 is 0 Å². The third kappa shape index (κ3) is 5.84. The zero-order valence-electron chi connectivity index (χ0n) is 17.8. The molecule has 0 spiro atoms. The number of halogens is 1. The number of methoxy groups -OCH3 is 1. The van der Waals surface area contributed by atoms with E-state index in [4.69, 9.17) is 16.3 Å². The van der Waals surface area contributed by atoms with Gasteiger partial charge in [-0.15, -0.1) is 0 Å². The molecule has 0 aliphatic carbocycles. The Bertz CT molecular complexity index is 1110. The van der Waals surface area contributed by atoms with Crippen LogP contribution in [0.15, 0.2) is 47.4 Å². The van der Waals surface area contributed by atoms with Crippen LogP contribution in [0.3, 0.4) is 0 Å². The topological polar surface area (TPSA) is 119 Å². The van der Waals surface area contributed by atoms with Gasteiger partial charge >= 0.3 is 11.9 Å². The lowest BCUT2D eigenvalue weighted by atomic mass is 10.2. The number of nitrogens with zero attached hydrogens (tertiary/aromatic N) is 1. The first-order valence-electron chi connectivity index (χ1n) is 9.59. The van der Waals surface area contributed by atoms with Crippen molar-refractivity contribution in [3.8, 4) is 0 Å². The molecule has 0 radical (unpaired) electrons. The van der Waals surface area contributed by atoms with Crippen LogP contribution in [-0.2, 0) is 24.3 Å². The van der Waals surface area contributed by atoms with Crippen LogP contribution < -0.4 is 5.32 Å². The molecule has 0 saturated carbocycles. The molecule has 32 heavy (non-hydrogen) atoms. The smallest absolute Gasteiger partial charge is 0.339 e. The van der Waals surface area contributed by atoms with E-state index in [9.17, 15) is 22.8 Å². The second kappa shape index (κ2) is 11.1. The molecule has 0 aromatic heterocycles. The molecule has 2 aromatic carbocycles. The van der Waals surface area contributed by atoms with Crippen LogP contribution in [0.25, 0.3) is 0 Å². The Morgan fingerprint density at radius 3 is 2.31 bits per heavy atom. The second-order valence-corrected chi connectivity index (χ2v) is 8.71. The molecule has 1 amide bonds. The summed E-state index contributed by atoms with van der Waals surface area (Å²) in [7, 11) is -2.69. The molecule has 2 aromatic rings. The number of carbonyl (C=O) groups is 3. The summed E-state index contributed by atoms with van der Waals surface area (Å²) in [5, 5.41) is 2.43. The standard InChI is InChI=1S/C21H23ClN2O7S/c1-4-24(5-2)32(28,29)18-12-14(10-11-16(18)22)20(26)31-13-19(25)23-17-9-7-6-8-15(17)21(27)30-3/h6-12H,4-5,13H2,1-3H3,(H,23,25). The van der Waals surface area contributed by atoms with Crippen molar-refractivity contribution in [3.05, 3.63) is 58.6 Å². The molecular formula is C21H23ClN2O7S. The summed E-state index contributed by atoms with van der Waals surface area (Å²) < 4.78 is 36.4. The van der Waals surface area contributed by atoms with Crippen LogP contribution in [0.1, 0.15) is 34.6 Å². The summed E-state index contributed by atoms with van der Waals surface area (Å²) in [6, 6.07) is 9.88. The SMILES string of the molecule is CCN(CC)S(=O)(=O)c1cc(C(=O)OCC(=O)Nc2ccccc2C(=O)OC)ccc1Cl. The normalized spacial score (nSPS) is 11.2. The molecule has 0 aliphatic rings. The van der Waals surface area contributed by atoms with Crippen LogP contribution in [0.4, 0.5) is 5.69 Å². The number of hydrogen-bond donors (Lipinski definition) is 1. The first-order valence-corrected chi connectivity index (χ1v) is 11.4. The van der Waals surface area contributed by atoms with E-state index in [0.717, 1.165) is 6.07 Å². The van der Waals surface area contributed by atoms with Crippen molar-refractivity contribution in [2.75, 3.05) is 32.1 Å². The zero-order valence-corrected chi connectivity index (χ0v) is 19.3. The van der Waals surface area contributed by atoms with Gasteiger partial charge in [0.2, 0.25) is 10.0 Å². The average molecular weight is 483 g/mol. The molecule has 11 heteroatoms. The summed E-state index contributed by atoms with van der Waals surface area (Å²) >= 11 is 6.05. The molecule has 9 nitrogen and oxygen atoms in total. The van der Waals surface area contributed by atoms with Crippen molar-refractivity contribution in [1.82, 2.24) is 4.31 Å². The summed E-state index contributed by atoms with van der Waals surface area (Å²) in [6.07, 6.45) is 0. The average Bonchev–Trinajstić information content (AvgIpc) is 2.78. The Hall–Kier alpha value is -2.95. The lowest BCUT2D eigenvalue weighted by Gasteiger charge is -2.19. The number of nitrogens with one attached hydrogen (secondary N) is 1. The predicted octanol–water partition coefficient (Wildman–Crippen LogP) is 2.95. The maximum absolute atomic E-state index is 12.8. The van der Waals surface area contributed by atoms with Gasteiger partial charge in [0.1, 0.15) is 4.90 Å². The molecule has 0 saturated heterocycles. The molecule has 0 bridgehead atoms. The van der Waals surface area contributed by atoms with Gasteiger partial charge in [0.05, 0.1) is 28.9 Å². The van der Waals surface area contributed by atoms with Gasteiger partial charge in [-0.1, -0.05) is 37.6 Å². The predicted molar refractivity (Wildman–Crippen MR) is 118 cm³/mol. The minimum absolute atomic E-state index is 0.0365. The fourth-order valence-corrected chi connectivity index (χ4v) is 4.77. The number of para-hydroxylation sites is 1. The highest BCUT2D eigenvalue weighted by Gasteiger charge is 2.26. The van der Waals surface area contributed by atoms with Crippen LogP contribution in [0, 0.1) is 0 Å². The minimum Gasteiger partial charge on any atom is -0.465 e. The molecular weight excluding hydrogens is 460 g/mol. The zero-order chi connectivity index (χ0) is 23.9. The fourth-order valence-electron chi connectivity index (χ4n) is 2.81. The van der Waals surface area contributed by atoms with E-state index in [1.807, 2.05) is 0 Å². The lowest BCUT2D eigenvalue weighted by molar-refractivity contribution is -0.119. The van der Waals surface area contributed by atoms with E-state index in [1.54, 1.807) is 26.0 Å². The van der Waals surface area contributed by atoms with E-state index in [-0.39, 0.29) is 39.8 Å². The van der Waals surface area contributed by atoms with Crippen LogP contribution >= 0.6 is 11.6 Å². The van der Waals surface area contributed by atoms with Gasteiger partial charge in [0.25, 0.3) is 5.91 Å². The molecule has 0 unspecified atom stereocenters. The molecule has 1 N–H and O–H groups in total. The quantitative estimate of drug-likeness (QED) is 0.545. The largest absolute Gasteiger partial charge is 0.465 e. The van der Waals surface area contributed by atoms with Gasteiger partial charge in [0, 0.05) is 13.1 Å². The van der Waals surface area contributed by atoms with Crippen molar-refractivity contribution in [3.63, 3.8) is 0 Å². The minimum atomic E-state index is -3.90. The summed E-state index contributed by atoms with van der Waals surface area (Å²) in [6.45, 7) is 3.18. The van der Waals surface area contributed by atoms with Crippen molar-refractivity contribution in [1.29, 1.82) is 0 Å². The van der Waals surface area contributed by atoms with Crippen molar-refractivity contribution in [2.24, 2.45) is 0 Å². The summed E-state index contributed by atoms with van der Waals surface area (Å²) in [5.41, 5.74) is 0.251. The highest BCUT2D eigenvalue weighted by Crippen LogP contribution is 2.26. The van der Waals surface area contributed by atoms with E-state index < -0.39 is 34.5 Å². The fraction of sp³-hybridized carbons (Fsp3) is 0.286.